The average Bonchev–Trinajstić information content (AvgIpc) is 2.88. The molecule has 0 atom stereocenters. The summed E-state index contributed by atoms with van der Waals surface area (Å²) in [6.07, 6.45) is 1.64. The number of benzene rings is 4. The molecular formula is C28H22N4O2S. The van der Waals surface area contributed by atoms with Gasteiger partial charge in [-0.15, -0.1) is 0 Å². The largest absolute Gasteiger partial charge is 0.272 e. The SMILES string of the molecule is Cc1ccccc1-n1c(SCC(=O)NN=Cc2cccc3ccccc23)nc2ccccc2c1=O. The van der Waals surface area contributed by atoms with Crippen molar-refractivity contribution in [1.82, 2.24) is 15.0 Å². The Hall–Kier alpha value is -4.23. The highest BCUT2D eigenvalue weighted by Gasteiger charge is 2.15. The van der Waals surface area contributed by atoms with Gasteiger partial charge >= 0.3 is 0 Å². The summed E-state index contributed by atoms with van der Waals surface area (Å²) < 4.78 is 1.58. The third kappa shape index (κ3) is 4.72. The maximum Gasteiger partial charge on any atom is 0.266 e. The van der Waals surface area contributed by atoms with Gasteiger partial charge in [-0.05, 0) is 41.5 Å². The van der Waals surface area contributed by atoms with Crippen LogP contribution in [0.3, 0.4) is 0 Å². The topological polar surface area (TPSA) is 76.3 Å². The number of hydrazone groups is 1. The van der Waals surface area contributed by atoms with Crippen molar-refractivity contribution in [2.75, 3.05) is 5.75 Å². The molecule has 0 fully saturated rings. The lowest BCUT2D eigenvalue weighted by molar-refractivity contribution is -0.118. The molecule has 172 valence electrons. The zero-order chi connectivity index (χ0) is 24.2. The van der Waals surface area contributed by atoms with E-state index in [-0.39, 0.29) is 17.2 Å². The molecule has 35 heavy (non-hydrogen) atoms. The third-order valence-corrected chi connectivity index (χ3v) is 6.59. The second-order valence-electron chi connectivity index (χ2n) is 7.99. The van der Waals surface area contributed by atoms with Gasteiger partial charge in [-0.2, -0.15) is 5.10 Å². The lowest BCUT2D eigenvalue weighted by atomic mass is 10.1. The number of nitrogens with one attached hydrogen (secondary N) is 1. The van der Waals surface area contributed by atoms with Crippen molar-refractivity contribution in [1.29, 1.82) is 0 Å². The van der Waals surface area contributed by atoms with E-state index in [0.29, 0.717) is 16.1 Å². The van der Waals surface area contributed by atoms with Crippen LogP contribution in [0.15, 0.2) is 106 Å². The summed E-state index contributed by atoms with van der Waals surface area (Å²) in [5.74, 6) is -0.228. The highest BCUT2D eigenvalue weighted by molar-refractivity contribution is 7.99. The summed E-state index contributed by atoms with van der Waals surface area (Å²) in [6.45, 7) is 1.94. The van der Waals surface area contributed by atoms with Crippen molar-refractivity contribution in [3.8, 4) is 5.69 Å². The summed E-state index contributed by atoms with van der Waals surface area (Å²) in [4.78, 5) is 30.6. The van der Waals surface area contributed by atoms with Crippen molar-refractivity contribution in [2.24, 2.45) is 5.10 Å². The number of thioether (sulfide) groups is 1. The van der Waals surface area contributed by atoms with Crippen LogP contribution in [0.1, 0.15) is 11.1 Å². The van der Waals surface area contributed by atoms with E-state index < -0.39 is 0 Å². The van der Waals surface area contributed by atoms with E-state index in [1.165, 1.54) is 11.8 Å². The Morgan fingerprint density at radius 1 is 0.943 bits per heavy atom. The summed E-state index contributed by atoms with van der Waals surface area (Å²) in [7, 11) is 0. The number of rotatable bonds is 6. The van der Waals surface area contributed by atoms with Gasteiger partial charge in [-0.1, -0.05) is 84.6 Å². The number of aryl methyl sites for hydroxylation is 1. The molecule has 1 aromatic heterocycles. The molecule has 0 bridgehead atoms. The lowest BCUT2D eigenvalue weighted by Crippen LogP contribution is -2.24. The van der Waals surface area contributed by atoms with Crippen LogP contribution in [-0.4, -0.2) is 27.4 Å². The second kappa shape index (κ2) is 9.95. The van der Waals surface area contributed by atoms with Gasteiger partial charge in [0.2, 0.25) is 0 Å². The van der Waals surface area contributed by atoms with E-state index >= 15 is 0 Å². The number of carbonyl (C=O) groups excluding carboxylic acids is 1. The van der Waals surface area contributed by atoms with Crippen LogP contribution in [0, 0.1) is 6.92 Å². The van der Waals surface area contributed by atoms with Crippen molar-refractivity contribution >= 4 is 45.6 Å². The number of amides is 1. The van der Waals surface area contributed by atoms with Crippen LogP contribution in [0.5, 0.6) is 0 Å². The molecule has 5 aromatic rings. The Kier molecular flexibility index (Phi) is 6.41. The minimum atomic E-state index is -0.287. The zero-order valence-electron chi connectivity index (χ0n) is 19.0. The second-order valence-corrected chi connectivity index (χ2v) is 8.93. The number of hydrogen-bond donors (Lipinski definition) is 1. The average molecular weight is 479 g/mol. The number of fused-ring (bicyclic) bond motifs is 2. The van der Waals surface area contributed by atoms with E-state index in [1.807, 2.05) is 85.8 Å². The first-order valence-electron chi connectivity index (χ1n) is 11.1. The Morgan fingerprint density at radius 3 is 2.51 bits per heavy atom. The van der Waals surface area contributed by atoms with Crippen molar-refractivity contribution in [3.63, 3.8) is 0 Å². The molecule has 0 radical (unpaired) electrons. The molecule has 0 saturated heterocycles. The molecule has 0 aliphatic rings. The molecular weight excluding hydrogens is 456 g/mol. The van der Waals surface area contributed by atoms with Gasteiger partial charge in [-0.3, -0.25) is 14.2 Å². The predicted molar refractivity (Wildman–Crippen MR) is 142 cm³/mol. The van der Waals surface area contributed by atoms with Crippen molar-refractivity contribution in [2.45, 2.75) is 12.1 Å². The first kappa shape index (κ1) is 22.6. The summed E-state index contributed by atoms with van der Waals surface area (Å²) >= 11 is 1.20. The third-order valence-electron chi connectivity index (χ3n) is 5.65. The molecule has 0 spiro atoms. The predicted octanol–water partition coefficient (Wildman–Crippen LogP) is 5.09. The number of nitrogens with zero attached hydrogens (tertiary/aromatic N) is 3. The van der Waals surface area contributed by atoms with E-state index in [1.54, 1.807) is 22.9 Å². The minimum Gasteiger partial charge on any atom is -0.272 e. The van der Waals surface area contributed by atoms with Crippen molar-refractivity contribution in [3.05, 3.63) is 112 Å². The number of carbonyl (C=O) groups is 1. The van der Waals surface area contributed by atoms with Crippen molar-refractivity contribution < 1.29 is 4.79 Å². The Morgan fingerprint density at radius 2 is 1.66 bits per heavy atom. The maximum atomic E-state index is 13.4. The number of para-hydroxylation sites is 2. The first-order valence-corrected chi connectivity index (χ1v) is 12.1. The maximum absolute atomic E-state index is 13.4. The highest BCUT2D eigenvalue weighted by Crippen LogP contribution is 2.23. The Balaban J connectivity index is 1.38. The molecule has 0 unspecified atom stereocenters. The molecule has 0 aliphatic heterocycles. The fraction of sp³-hybridized carbons (Fsp3) is 0.0714. The summed E-state index contributed by atoms with van der Waals surface area (Å²) in [6, 6.07) is 28.8. The molecule has 1 N–H and O–H groups in total. The molecule has 4 aromatic carbocycles. The summed E-state index contributed by atoms with van der Waals surface area (Å²) in [5, 5.41) is 7.29. The van der Waals surface area contributed by atoms with Crippen LogP contribution < -0.4 is 11.0 Å². The van der Waals surface area contributed by atoms with Gasteiger partial charge in [0.25, 0.3) is 11.5 Å². The van der Waals surface area contributed by atoms with Gasteiger partial charge in [0, 0.05) is 5.56 Å². The number of hydrogen-bond acceptors (Lipinski definition) is 5. The van der Waals surface area contributed by atoms with Crippen LogP contribution >= 0.6 is 11.8 Å². The summed E-state index contributed by atoms with van der Waals surface area (Å²) in [5.41, 5.74) is 5.62. The zero-order valence-corrected chi connectivity index (χ0v) is 19.8. The van der Waals surface area contributed by atoms with E-state index in [4.69, 9.17) is 4.98 Å². The van der Waals surface area contributed by atoms with Crippen LogP contribution in [0.2, 0.25) is 0 Å². The van der Waals surface area contributed by atoms with Gasteiger partial charge in [0.1, 0.15) is 0 Å². The normalized spacial score (nSPS) is 11.3. The molecule has 0 aliphatic carbocycles. The van der Waals surface area contributed by atoms with Gasteiger partial charge < -0.3 is 0 Å². The smallest absolute Gasteiger partial charge is 0.266 e. The molecule has 7 heteroatoms. The van der Waals surface area contributed by atoms with Gasteiger partial charge in [0.05, 0.1) is 28.6 Å². The van der Waals surface area contributed by atoms with Gasteiger partial charge in [-0.25, -0.2) is 10.4 Å². The minimum absolute atomic E-state index is 0.0591. The standard InChI is InChI=1S/C28H22N4O2S/c1-19-9-2-7-16-25(19)32-27(34)23-14-5-6-15-24(23)30-28(32)35-18-26(33)31-29-17-21-12-8-11-20-10-3-4-13-22(20)21/h2-17H,18H2,1H3,(H,31,33). The van der Waals surface area contributed by atoms with Gasteiger partial charge in [0.15, 0.2) is 5.16 Å². The monoisotopic (exact) mass is 478 g/mol. The lowest BCUT2D eigenvalue weighted by Gasteiger charge is -2.14. The molecule has 1 amide bonds. The quantitative estimate of drug-likeness (QED) is 0.160. The fourth-order valence-corrected chi connectivity index (χ4v) is 4.73. The fourth-order valence-electron chi connectivity index (χ4n) is 3.94. The molecule has 5 rings (SSSR count). The molecule has 0 saturated carbocycles. The molecule has 6 nitrogen and oxygen atoms in total. The van der Waals surface area contributed by atoms with Crippen LogP contribution in [-0.2, 0) is 4.79 Å². The van der Waals surface area contributed by atoms with Crippen LogP contribution in [0.25, 0.3) is 27.4 Å². The Labute approximate surface area is 206 Å². The van der Waals surface area contributed by atoms with E-state index in [9.17, 15) is 9.59 Å². The number of aromatic nitrogens is 2. The van der Waals surface area contributed by atoms with E-state index in [0.717, 1.165) is 27.6 Å². The van der Waals surface area contributed by atoms with E-state index in [2.05, 4.69) is 10.5 Å². The van der Waals surface area contributed by atoms with Crippen LogP contribution in [0.4, 0.5) is 0 Å². The molecule has 1 heterocycles. The Bertz CT molecular complexity index is 1640. The highest BCUT2D eigenvalue weighted by atomic mass is 32.2. The first-order chi connectivity index (χ1) is 17.1.